The smallest absolute Gasteiger partial charge is 0.310 e. The van der Waals surface area contributed by atoms with E-state index in [9.17, 15) is 9.59 Å². The highest BCUT2D eigenvalue weighted by molar-refractivity contribution is 7.99. The third-order valence-electron chi connectivity index (χ3n) is 3.05. The lowest BCUT2D eigenvalue weighted by Gasteiger charge is -2.31. The first-order valence-electron chi connectivity index (χ1n) is 6.70. The van der Waals surface area contributed by atoms with E-state index in [2.05, 4.69) is 0 Å². The minimum Gasteiger partial charge on any atom is -0.466 e. The maximum atomic E-state index is 12.0. The van der Waals surface area contributed by atoms with Gasteiger partial charge in [-0.3, -0.25) is 9.59 Å². The Balaban J connectivity index is 2.32. The molecule has 0 unspecified atom stereocenters. The molecule has 1 saturated heterocycles. The second-order valence-corrected chi connectivity index (χ2v) is 5.58. The number of methoxy groups -OCH3 is 1. The van der Waals surface area contributed by atoms with E-state index in [-0.39, 0.29) is 17.8 Å². The van der Waals surface area contributed by atoms with Gasteiger partial charge in [0.1, 0.15) is 0 Å². The van der Waals surface area contributed by atoms with Crippen molar-refractivity contribution in [2.75, 3.05) is 44.9 Å². The molecule has 19 heavy (non-hydrogen) atoms. The van der Waals surface area contributed by atoms with Crippen molar-refractivity contribution < 1.29 is 19.1 Å². The van der Waals surface area contributed by atoms with Gasteiger partial charge in [0.15, 0.2) is 0 Å². The molecule has 0 radical (unpaired) electrons. The number of thioether (sulfide) groups is 1. The number of likely N-dealkylation sites (tertiary alicyclic amines) is 1. The number of piperidine rings is 1. The van der Waals surface area contributed by atoms with Gasteiger partial charge < -0.3 is 14.4 Å². The number of ether oxygens (including phenoxy) is 2. The standard InChI is InChI=1S/C13H23NO4S/c1-3-18-13(16)11-5-4-6-14(9-11)12(15)10-19-8-7-17-2/h11H,3-10H2,1-2H3/t11-/m0/s1. The van der Waals surface area contributed by atoms with Crippen LogP contribution in [0.1, 0.15) is 19.8 Å². The van der Waals surface area contributed by atoms with E-state index in [1.54, 1.807) is 30.7 Å². The summed E-state index contributed by atoms with van der Waals surface area (Å²) in [5, 5.41) is 0. The zero-order valence-electron chi connectivity index (χ0n) is 11.7. The summed E-state index contributed by atoms with van der Waals surface area (Å²) in [6.07, 6.45) is 1.69. The molecule has 1 aliphatic rings. The number of esters is 1. The molecule has 0 aromatic heterocycles. The summed E-state index contributed by atoms with van der Waals surface area (Å²) in [5.74, 6) is 1.06. The second kappa shape index (κ2) is 9.20. The van der Waals surface area contributed by atoms with E-state index in [0.717, 1.165) is 25.1 Å². The molecule has 0 spiro atoms. The summed E-state index contributed by atoms with van der Waals surface area (Å²) in [7, 11) is 1.65. The summed E-state index contributed by atoms with van der Waals surface area (Å²) >= 11 is 1.57. The summed E-state index contributed by atoms with van der Waals surface area (Å²) in [6, 6.07) is 0. The number of rotatable bonds is 7. The molecule has 1 aliphatic heterocycles. The van der Waals surface area contributed by atoms with Crippen molar-refractivity contribution >= 4 is 23.6 Å². The molecule has 0 aliphatic carbocycles. The lowest BCUT2D eigenvalue weighted by atomic mass is 9.98. The average molecular weight is 289 g/mol. The Hall–Kier alpha value is -0.750. The first kappa shape index (κ1) is 16.3. The van der Waals surface area contributed by atoms with Crippen LogP contribution in [0.4, 0.5) is 0 Å². The van der Waals surface area contributed by atoms with Gasteiger partial charge in [0, 0.05) is 26.0 Å². The first-order chi connectivity index (χ1) is 9.19. The number of hydrogen-bond acceptors (Lipinski definition) is 5. The molecule has 1 rings (SSSR count). The molecular formula is C13H23NO4S. The maximum Gasteiger partial charge on any atom is 0.310 e. The van der Waals surface area contributed by atoms with Gasteiger partial charge in [-0.25, -0.2) is 0 Å². The van der Waals surface area contributed by atoms with Crippen molar-refractivity contribution in [3.05, 3.63) is 0 Å². The van der Waals surface area contributed by atoms with E-state index in [1.807, 2.05) is 0 Å². The van der Waals surface area contributed by atoms with Crippen LogP contribution in [0, 0.1) is 5.92 Å². The molecule has 1 atom stereocenters. The lowest BCUT2D eigenvalue weighted by Crippen LogP contribution is -2.43. The van der Waals surface area contributed by atoms with Gasteiger partial charge in [-0.1, -0.05) is 0 Å². The summed E-state index contributed by atoms with van der Waals surface area (Å²) in [5.41, 5.74) is 0. The fourth-order valence-electron chi connectivity index (χ4n) is 2.05. The number of nitrogens with zero attached hydrogens (tertiary/aromatic N) is 1. The van der Waals surface area contributed by atoms with Crippen LogP contribution in [0.5, 0.6) is 0 Å². The van der Waals surface area contributed by atoms with Crippen LogP contribution in [0.3, 0.4) is 0 Å². The van der Waals surface area contributed by atoms with Crippen LogP contribution in [-0.4, -0.2) is 61.7 Å². The lowest BCUT2D eigenvalue weighted by molar-refractivity contribution is -0.151. The Labute approximate surface area is 119 Å². The Kier molecular flexibility index (Phi) is 7.90. The molecular weight excluding hydrogens is 266 g/mol. The quantitative estimate of drug-likeness (QED) is 0.520. The van der Waals surface area contributed by atoms with Crippen LogP contribution < -0.4 is 0 Å². The van der Waals surface area contributed by atoms with E-state index >= 15 is 0 Å². The SMILES string of the molecule is CCOC(=O)[C@H]1CCCN(C(=O)CSCCOC)C1. The first-order valence-corrected chi connectivity index (χ1v) is 7.85. The van der Waals surface area contributed by atoms with Crippen LogP contribution in [0.15, 0.2) is 0 Å². The number of carbonyl (C=O) groups excluding carboxylic acids is 2. The van der Waals surface area contributed by atoms with Crippen molar-refractivity contribution in [3.8, 4) is 0 Å². The second-order valence-electron chi connectivity index (χ2n) is 4.48. The molecule has 5 nitrogen and oxygen atoms in total. The minimum atomic E-state index is -0.174. The molecule has 1 heterocycles. The van der Waals surface area contributed by atoms with Crippen LogP contribution in [0.25, 0.3) is 0 Å². The minimum absolute atomic E-state index is 0.107. The summed E-state index contributed by atoms with van der Waals surface area (Å²) < 4.78 is 9.96. The molecule has 0 aromatic carbocycles. The molecule has 0 aromatic rings. The van der Waals surface area contributed by atoms with Gasteiger partial charge in [0.25, 0.3) is 0 Å². The molecule has 110 valence electrons. The van der Waals surface area contributed by atoms with Gasteiger partial charge in [-0.15, -0.1) is 11.8 Å². The largest absolute Gasteiger partial charge is 0.466 e. The Morgan fingerprint density at radius 3 is 2.89 bits per heavy atom. The number of hydrogen-bond donors (Lipinski definition) is 0. The molecule has 0 saturated carbocycles. The third-order valence-corrected chi connectivity index (χ3v) is 3.96. The summed E-state index contributed by atoms with van der Waals surface area (Å²) in [4.78, 5) is 25.5. The topological polar surface area (TPSA) is 55.8 Å². The molecule has 6 heteroatoms. The molecule has 1 fully saturated rings. The van der Waals surface area contributed by atoms with E-state index in [1.165, 1.54) is 0 Å². The van der Waals surface area contributed by atoms with Crippen molar-refractivity contribution in [2.45, 2.75) is 19.8 Å². The Morgan fingerprint density at radius 1 is 1.42 bits per heavy atom. The predicted octanol–water partition coefficient (Wildman–Crippen LogP) is 1.17. The van der Waals surface area contributed by atoms with Crippen molar-refractivity contribution in [1.82, 2.24) is 4.90 Å². The number of carbonyl (C=O) groups is 2. The molecule has 0 bridgehead atoms. The summed E-state index contributed by atoms with van der Waals surface area (Å²) in [6.45, 7) is 4.11. The fourth-order valence-corrected chi connectivity index (χ4v) is 2.84. The van der Waals surface area contributed by atoms with Crippen LogP contribution in [0.2, 0.25) is 0 Å². The van der Waals surface area contributed by atoms with Gasteiger partial charge >= 0.3 is 5.97 Å². The maximum absolute atomic E-state index is 12.0. The zero-order chi connectivity index (χ0) is 14.1. The third kappa shape index (κ3) is 5.82. The highest BCUT2D eigenvalue weighted by Crippen LogP contribution is 2.18. The van der Waals surface area contributed by atoms with Crippen molar-refractivity contribution in [2.24, 2.45) is 5.92 Å². The normalized spacial score (nSPS) is 19.3. The highest BCUT2D eigenvalue weighted by atomic mass is 32.2. The average Bonchev–Trinajstić information content (AvgIpc) is 2.44. The highest BCUT2D eigenvalue weighted by Gasteiger charge is 2.28. The predicted molar refractivity (Wildman–Crippen MR) is 75.1 cm³/mol. The van der Waals surface area contributed by atoms with Gasteiger partial charge in [0.05, 0.1) is 24.9 Å². The van der Waals surface area contributed by atoms with Gasteiger partial charge in [-0.05, 0) is 19.8 Å². The van der Waals surface area contributed by atoms with Crippen molar-refractivity contribution in [1.29, 1.82) is 0 Å². The van der Waals surface area contributed by atoms with E-state index in [4.69, 9.17) is 9.47 Å². The fraction of sp³-hybridized carbons (Fsp3) is 0.846. The van der Waals surface area contributed by atoms with Crippen molar-refractivity contribution in [3.63, 3.8) is 0 Å². The van der Waals surface area contributed by atoms with Crippen LogP contribution >= 0.6 is 11.8 Å². The zero-order valence-corrected chi connectivity index (χ0v) is 12.5. The Bertz CT molecular complexity index is 298. The molecule has 0 N–H and O–H groups in total. The van der Waals surface area contributed by atoms with Gasteiger partial charge in [0.2, 0.25) is 5.91 Å². The van der Waals surface area contributed by atoms with E-state index in [0.29, 0.717) is 25.5 Å². The van der Waals surface area contributed by atoms with E-state index < -0.39 is 0 Å². The Morgan fingerprint density at radius 2 is 2.21 bits per heavy atom. The molecule has 1 amide bonds. The number of amides is 1. The monoisotopic (exact) mass is 289 g/mol. The van der Waals surface area contributed by atoms with Gasteiger partial charge in [-0.2, -0.15) is 0 Å². The van der Waals surface area contributed by atoms with Crippen LogP contribution in [-0.2, 0) is 19.1 Å².